The van der Waals surface area contributed by atoms with Gasteiger partial charge in [0.2, 0.25) is 0 Å². The maximum absolute atomic E-state index is 9.78. The molecule has 0 aliphatic heterocycles. The molecule has 0 saturated carbocycles. The smallest absolute Gasteiger partial charge is 0.180 e. The van der Waals surface area contributed by atoms with E-state index in [9.17, 15) is 5.11 Å². The van der Waals surface area contributed by atoms with E-state index in [2.05, 4.69) is 4.74 Å². The highest BCUT2D eigenvalue weighted by Crippen LogP contribution is 2.05. The normalized spacial score (nSPS) is 12.0. The molecule has 0 N–H and O–H groups in total. The first-order chi connectivity index (χ1) is 4.56. The fourth-order valence-corrected chi connectivity index (χ4v) is 0.466. The third-order valence-corrected chi connectivity index (χ3v) is 0.846. The number of hydrogen-bond acceptors (Lipinski definition) is 2. The average molecular weight is 147 g/mol. The van der Waals surface area contributed by atoms with Crippen LogP contribution in [0.4, 0.5) is 0 Å². The lowest BCUT2D eigenvalue weighted by Crippen LogP contribution is -2.21. The highest BCUT2D eigenvalue weighted by Gasteiger charge is 2.08. The molecule has 3 heteroatoms. The van der Waals surface area contributed by atoms with Crippen LogP contribution in [0.25, 0.3) is 0 Å². The van der Waals surface area contributed by atoms with Crippen LogP contribution < -0.4 is 0 Å². The van der Waals surface area contributed by atoms with E-state index < -0.39 is 6.79 Å². The SMILES string of the molecule is CC(C)(C)OCCOC[O]. The Bertz CT molecular complexity index is 75.4. The molecule has 0 saturated heterocycles. The van der Waals surface area contributed by atoms with Crippen molar-refractivity contribution < 1.29 is 14.6 Å². The summed E-state index contributed by atoms with van der Waals surface area (Å²) in [6, 6.07) is 0. The van der Waals surface area contributed by atoms with Crippen molar-refractivity contribution in [2.24, 2.45) is 0 Å². The molecule has 3 nitrogen and oxygen atoms in total. The Morgan fingerprint density at radius 1 is 1.20 bits per heavy atom. The standard InChI is InChI=1S/C7H15O3/c1-7(2,3)10-5-4-9-6-8/h4-6H2,1-3H3. The third kappa shape index (κ3) is 7.88. The molecule has 0 rings (SSSR count). The van der Waals surface area contributed by atoms with Crippen molar-refractivity contribution in [2.75, 3.05) is 20.0 Å². The number of hydrogen-bond donors (Lipinski definition) is 0. The largest absolute Gasteiger partial charge is 0.373 e. The molecular formula is C7H15O3. The summed E-state index contributed by atoms with van der Waals surface area (Å²) in [6.07, 6.45) is 0. The van der Waals surface area contributed by atoms with Crippen molar-refractivity contribution in [3.8, 4) is 0 Å². The van der Waals surface area contributed by atoms with Gasteiger partial charge in [-0.2, -0.15) is 0 Å². The fourth-order valence-electron chi connectivity index (χ4n) is 0.466. The van der Waals surface area contributed by atoms with E-state index in [0.717, 1.165) is 0 Å². The lowest BCUT2D eigenvalue weighted by atomic mass is 10.2. The first-order valence-corrected chi connectivity index (χ1v) is 3.36. The molecule has 0 aliphatic carbocycles. The Balaban J connectivity index is 3.04. The van der Waals surface area contributed by atoms with Gasteiger partial charge < -0.3 is 9.47 Å². The molecule has 61 valence electrons. The molecule has 0 aromatic rings. The Morgan fingerprint density at radius 2 is 1.80 bits per heavy atom. The monoisotopic (exact) mass is 147 g/mol. The van der Waals surface area contributed by atoms with Crippen molar-refractivity contribution in [3.05, 3.63) is 0 Å². The van der Waals surface area contributed by atoms with Crippen molar-refractivity contribution in [1.82, 2.24) is 0 Å². The summed E-state index contributed by atoms with van der Waals surface area (Å²) in [7, 11) is 0. The van der Waals surface area contributed by atoms with E-state index in [4.69, 9.17) is 4.74 Å². The van der Waals surface area contributed by atoms with E-state index in [1.807, 2.05) is 20.8 Å². The molecule has 10 heavy (non-hydrogen) atoms. The minimum atomic E-state index is -0.479. The molecule has 0 spiro atoms. The van der Waals surface area contributed by atoms with E-state index >= 15 is 0 Å². The van der Waals surface area contributed by atoms with Crippen LogP contribution in [0.3, 0.4) is 0 Å². The van der Waals surface area contributed by atoms with Gasteiger partial charge in [-0.3, -0.25) is 0 Å². The van der Waals surface area contributed by atoms with Crippen molar-refractivity contribution in [3.63, 3.8) is 0 Å². The summed E-state index contributed by atoms with van der Waals surface area (Å²) in [4.78, 5) is 0. The first-order valence-electron chi connectivity index (χ1n) is 3.36. The summed E-state index contributed by atoms with van der Waals surface area (Å²) in [6.45, 7) is 6.29. The van der Waals surface area contributed by atoms with Gasteiger partial charge in [0.15, 0.2) is 6.79 Å². The molecule has 1 radical (unpaired) electrons. The summed E-state index contributed by atoms with van der Waals surface area (Å²) >= 11 is 0. The topological polar surface area (TPSA) is 38.4 Å². The van der Waals surface area contributed by atoms with Gasteiger partial charge in [0, 0.05) is 0 Å². The minimum Gasteiger partial charge on any atom is -0.373 e. The van der Waals surface area contributed by atoms with Gasteiger partial charge in [-0.1, -0.05) is 0 Å². The van der Waals surface area contributed by atoms with Gasteiger partial charge in [-0.25, -0.2) is 5.11 Å². The van der Waals surface area contributed by atoms with Gasteiger partial charge in [-0.05, 0) is 20.8 Å². The van der Waals surface area contributed by atoms with Gasteiger partial charge in [-0.15, -0.1) is 0 Å². The number of ether oxygens (including phenoxy) is 2. The van der Waals surface area contributed by atoms with Crippen molar-refractivity contribution in [2.45, 2.75) is 26.4 Å². The van der Waals surface area contributed by atoms with Crippen LogP contribution in [0.2, 0.25) is 0 Å². The Labute approximate surface area is 62.0 Å². The minimum absolute atomic E-state index is 0.133. The van der Waals surface area contributed by atoms with Crippen LogP contribution in [0.1, 0.15) is 20.8 Å². The first kappa shape index (κ1) is 9.88. The molecule has 0 aliphatic rings. The Hall–Kier alpha value is -0.120. The summed E-state index contributed by atoms with van der Waals surface area (Å²) in [5.41, 5.74) is -0.133. The zero-order valence-corrected chi connectivity index (χ0v) is 6.85. The zero-order valence-electron chi connectivity index (χ0n) is 6.85. The predicted octanol–water partition coefficient (Wildman–Crippen LogP) is 1.21. The van der Waals surface area contributed by atoms with E-state index in [-0.39, 0.29) is 5.60 Å². The maximum atomic E-state index is 9.78. The average Bonchev–Trinajstić information content (AvgIpc) is 1.78. The lowest BCUT2D eigenvalue weighted by Gasteiger charge is -2.18. The van der Waals surface area contributed by atoms with Crippen LogP contribution >= 0.6 is 0 Å². The van der Waals surface area contributed by atoms with Crippen LogP contribution in [-0.2, 0) is 14.6 Å². The fraction of sp³-hybridized carbons (Fsp3) is 1.00. The molecule has 0 heterocycles. The molecule has 0 aromatic heterocycles. The second kappa shape index (κ2) is 4.66. The molecule has 0 atom stereocenters. The van der Waals surface area contributed by atoms with Crippen molar-refractivity contribution in [1.29, 1.82) is 0 Å². The van der Waals surface area contributed by atoms with Crippen molar-refractivity contribution >= 4 is 0 Å². The van der Waals surface area contributed by atoms with E-state index in [1.165, 1.54) is 0 Å². The summed E-state index contributed by atoms with van der Waals surface area (Å²) in [5.74, 6) is 0. The molecule has 0 amide bonds. The highest BCUT2D eigenvalue weighted by molar-refractivity contribution is 4.57. The van der Waals surface area contributed by atoms with Crippen LogP contribution in [-0.4, -0.2) is 25.6 Å². The Kier molecular flexibility index (Phi) is 4.60. The predicted molar refractivity (Wildman–Crippen MR) is 37.2 cm³/mol. The highest BCUT2D eigenvalue weighted by atomic mass is 16.6. The summed E-state index contributed by atoms with van der Waals surface area (Å²) in [5, 5.41) is 9.78. The van der Waals surface area contributed by atoms with E-state index in [1.54, 1.807) is 0 Å². The van der Waals surface area contributed by atoms with Gasteiger partial charge in [0.25, 0.3) is 0 Å². The molecule has 0 unspecified atom stereocenters. The summed E-state index contributed by atoms with van der Waals surface area (Å²) < 4.78 is 9.82. The Morgan fingerprint density at radius 3 is 2.20 bits per heavy atom. The second-order valence-electron chi connectivity index (χ2n) is 2.99. The van der Waals surface area contributed by atoms with Crippen LogP contribution in [0.5, 0.6) is 0 Å². The van der Waals surface area contributed by atoms with Crippen LogP contribution in [0, 0.1) is 0 Å². The second-order valence-corrected chi connectivity index (χ2v) is 2.99. The lowest BCUT2D eigenvalue weighted by molar-refractivity contribution is -0.0852. The number of rotatable bonds is 4. The van der Waals surface area contributed by atoms with Gasteiger partial charge >= 0.3 is 0 Å². The maximum Gasteiger partial charge on any atom is 0.180 e. The zero-order chi connectivity index (χ0) is 8.04. The quantitative estimate of drug-likeness (QED) is 0.442. The molecular weight excluding hydrogens is 132 g/mol. The molecule has 0 bridgehead atoms. The molecule has 0 fully saturated rings. The van der Waals surface area contributed by atoms with Gasteiger partial charge in [0.05, 0.1) is 18.8 Å². The molecule has 0 aromatic carbocycles. The van der Waals surface area contributed by atoms with Crippen LogP contribution in [0.15, 0.2) is 0 Å². The van der Waals surface area contributed by atoms with Gasteiger partial charge in [0.1, 0.15) is 0 Å². The third-order valence-electron chi connectivity index (χ3n) is 0.846. The van der Waals surface area contributed by atoms with E-state index in [0.29, 0.717) is 13.2 Å².